The second-order valence-corrected chi connectivity index (χ2v) is 9.84. The predicted molar refractivity (Wildman–Crippen MR) is 132 cm³/mol. The van der Waals surface area contributed by atoms with Gasteiger partial charge in [0, 0.05) is 30.7 Å². The maximum atomic E-state index is 13.0. The first kappa shape index (κ1) is 23.1. The highest BCUT2D eigenvalue weighted by atomic mass is 79.9. The zero-order chi connectivity index (χ0) is 23.6. The normalized spacial score (nSPS) is 14.8. The summed E-state index contributed by atoms with van der Waals surface area (Å²) >= 11 is 3.46. The molecule has 0 unspecified atom stereocenters. The number of ether oxygens (including phenoxy) is 1. The molecule has 0 saturated carbocycles. The number of anilines is 2. The molecule has 2 amide bonds. The molecule has 1 saturated heterocycles. The number of amides is 2. The predicted octanol–water partition coefficient (Wildman–Crippen LogP) is 4.80. The first-order valence-electron chi connectivity index (χ1n) is 11.0. The van der Waals surface area contributed by atoms with Crippen LogP contribution < -0.4 is 10.2 Å². The van der Waals surface area contributed by atoms with Crippen molar-refractivity contribution < 1.29 is 14.3 Å². The Morgan fingerprint density at radius 2 is 1.76 bits per heavy atom. The number of halogens is 1. The first-order valence-corrected chi connectivity index (χ1v) is 11.8. The van der Waals surface area contributed by atoms with E-state index in [1.807, 2.05) is 63.2 Å². The van der Waals surface area contributed by atoms with Crippen LogP contribution in [-0.2, 0) is 4.74 Å². The molecule has 0 radical (unpaired) electrons. The fourth-order valence-corrected chi connectivity index (χ4v) is 4.11. The van der Waals surface area contributed by atoms with Crippen LogP contribution in [0.25, 0.3) is 5.52 Å². The van der Waals surface area contributed by atoms with Gasteiger partial charge in [0.05, 0.1) is 11.2 Å². The number of carbonyl (C=O) groups excluding carboxylic acids is 2. The molecular formula is C24H28BrN5O3. The van der Waals surface area contributed by atoms with Gasteiger partial charge in [-0.05, 0) is 79.5 Å². The van der Waals surface area contributed by atoms with Gasteiger partial charge in [0.2, 0.25) is 0 Å². The average molecular weight is 514 g/mol. The number of rotatable bonds is 3. The number of benzene rings is 1. The van der Waals surface area contributed by atoms with Crippen molar-refractivity contribution in [1.29, 1.82) is 0 Å². The van der Waals surface area contributed by atoms with E-state index in [-0.39, 0.29) is 12.0 Å². The fraction of sp³-hybridized carbons (Fsp3) is 0.375. The van der Waals surface area contributed by atoms with Crippen molar-refractivity contribution in [3.8, 4) is 0 Å². The van der Waals surface area contributed by atoms with Crippen molar-refractivity contribution in [3.05, 3.63) is 58.7 Å². The Labute approximate surface area is 201 Å². The Hall–Kier alpha value is -3.07. The quantitative estimate of drug-likeness (QED) is 0.544. The molecule has 4 rings (SSSR count). The highest BCUT2D eigenvalue weighted by Crippen LogP contribution is 2.23. The van der Waals surface area contributed by atoms with Crippen LogP contribution >= 0.6 is 15.9 Å². The molecule has 8 nitrogen and oxygen atoms in total. The molecule has 174 valence electrons. The summed E-state index contributed by atoms with van der Waals surface area (Å²) in [7, 11) is 0. The van der Waals surface area contributed by atoms with Gasteiger partial charge < -0.3 is 19.9 Å². The monoisotopic (exact) mass is 513 g/mol. The second-order valence-electron chi connectivity index (χ2n) is 8.99. The van der Waals surface area contributed by atoms with Gasteiger partial charge in [-0.3, -0.25) is 4.79 Å². The van der Waals surface area contributed by atoms with Gasteiger partial charge in [-0.2, -0.15) is 0 Å². The molecule has 2 aromatic heterocycles. The summed E-state index contributed by atoms with van der Waals surface area (Å²) in [6.45, 7) is 8.20. The van der Waals surface area contributed by atoms with Crippen LogP contribution in [0.1, 0.15) is 37.7 Å². The third-order valence-electron chi connectivity index (χ3n) is 5.32. The highest BCUT2D eigenvalue weighted by Gasteiger charge is 2.25. The average Bonchev–Trinajstić information content (AvgIpc) is 3.02. The van der Waals surface area contributed by atoms with Crippen molar-refractivity contribution in [1.82, 2.24) is 14.5 Å². The number of hydrogen-bond donors (Lipinski definition) is 1. The van der Waals surface area contributed by atoms with Gasteiger partial charge in [-0.25, -0.2) is 9.31 Å². The number of fused-ring (bicyclic) bond motifs is 1. The molecule has 1 aromatic carbocycles. The van der Waals surface area contributed by atoms with E-state index in [1.165, 1.54) is 0 Å². The van der Waals surface area contributed by atoms with Gasteiger partial charge in [-0.1, -0.05) is 12.1 Å². The van der Waals surface area contributed by atoms with Crippen LogP contribution in [0.15, 0.2) is 53.0 Å². The van der Waals surface area contributed by atoms with Crippen molar-refractivity contribution in [2.75, 3.05) is 36.4 Å². The Morgan fingerprint density at radius 3 is 2.52 bits per heavy atom. The van der Waals surface area contributed by atoms with Gasteiger partial charge >= 0.3 is 6.09 Å². The summed E-state index contributed by atoms with van der Waals surface area (Å²) in [6.07, 6.45) is 0.518. The van der Waals surface area contributed by atoms with Crippen LogP contribution in [0.3, 0.4) is 0 Å². The van der Waals surface area contributed by atoms with Crippen molar-refractivity contribution in [2.24, 2.45) is 0 Å². The topological polar surface area (TPSA) is 79.2 Å². The number of nitrogens with zero attached hydrogens (tertiary/aromatic N) is 4. The summed E-state index contributed by atoms with van der Waals surface area (Å²) in [5.74, 6) is 0.526. The largest absolute Gasteiger partial charge is 0.444 e. The number of nitrogens with one attached hydrogen (secondary N) is 1. The van der Waals surface area contributed by atoms with E-state index in [2.05, 4.69) is 26.1 Å². The minimum Gasteiger partial charge on any atom is -0.444 e. The van der Waals surface area contributed by atoms with E-state index in [1.54, 1.807) is 15.5 Å². The fourth-order valence-electron chi connectivity index (χ4n) is 3.72. The molecule has 3 aromatic rings. The molecule has 33 heavy (non-hydrogen) atoms. The molecule has 0 aliphatic carbocycles. The van der Waals surface area contributed by atoms with Crippen molar-refractivity contribution in [3.63, 3.8) is 0 Å². The van der Waals surface area contributed by atoms with E-state index in [4.69, 9.17) is 9.84 Å². The van der Waals surface area contributed by atoms with Crippen LogP contribution in [0.4, 0.5) is 16.3 Å². The smallest absolute Gasteiger partial charge is 0.410 e. The summed E-state index contributed by atoms with van der Waals surface area (Å²) in [6, 6.07) is 15.0. The molecule has 1 aliphatic heterocycles. The number of aromatic nitrogens is 2. The van der Waals surface area contributed by atoms with Crippen LogP contribution in [0.5, 0.6) is 0 Å². The standard InChI is InChI=1S/C24H28BrN5O3/c1-24(2,3)33-23(32)29-14-6-13-28(15-16-29)21-12-10-17-9-11-20(30(17)27-21)22(31)26-19-8-5-4-7-18(19)25/h4-5,7-12H,6,13-16H2,1-3H3,(H,26,31). The first-order chi connectivity index (χ1) is 15.7. The van der Waals surface area contributed by atoms with Gasteiger partial charge in [0.1, 0.15) is 17.1 Å². The Morgan fingerprint density at radius 1 is 1.00 bits per heavy atom. The van der Waals surface area contributed by atoms with Crippen LogP contribution in [-0.4, -0.2) is 58.3 Å². The number of para-hydroxylation sites is 1. The van der Waals surface area contributed by atoms with E-state index in [9.17, 15) is 9.59 Å². The third kappa shape index (κ3) is 5.47. The molecule has 1 N–H and O–H groups in total. The molecular weight excluding hydrogens is 486 g/mol. The lowest BCUT2D eigenvalue weighted by Gasteiger charge is -2.26. The highest BCUT2D eigenvalue weighted by molar-refractivity contribution is 9.10. The molecule has 1 fully saturated rings. The Bertz CT molecular complexity index is 1170. The minimum atomic E-state index is -0.517. The second kappa shape index (κ2) is 9.43. The SMILES string of the molecule is CC(C)(C)OC(=O)N1CCCN(c2ccc3ccc(C(=O)Nc4ccccc4Br)n3n2)CC1. The number of carbonyl (C=O) groups is 2. The lowest BCUT2D eigenvalue weighted by Crippen LogP contribution is -2.39. The van der Waals surface area contributed by atoms with Crippen LogP contribution in [0.2, 0.25) is 0 Å². The maximum absolute atomic E-state index is 13.0. The van der Waals surface area contributed by atoms with E-state index >= 15 is 0 Å². The van der Waals surface area contributed by atoms with Crippen molar-refractivity contribution in [2.45, 2.75) is 32.8 Å². The molecule has 9 heteroatoms. The summed E-state index contributed by atoms with van der Waals surface area (Å²) in [5.41, 5.74) is 1.47. The zero-order valence-corrected chi connectivity index (χ0v) is 20.6. The molecule has 0 bridgehead atoms. The molecule has 1 aliphatic rings. The van der Waals surface area contributed by atoms with Gasteiger partial charge in [0.25, 0.3) is 5.91 Å². The van der Waals surface area contributed by atoms with E-state index < -0.39 is 5.60 Å². The van der Waals surface area contributed by atoms with E-state index in [0.29, 0.717) is 31.0 Å². The Kier molecular flexibility index (Phi) is 6.60. The molecule has 3 heterocycles. The number of hydrogen-bond acceptors (Lipinski definition) is 5. The Balaban J connectivity index is 1.51. The lowest BCUT2D eigenvalue weighted by atomic mass is 10.2. The third-order valence-corrected chi connectivity index (χ3v) is 6.01. The summed E-state index contributed by atoms with van der Waals surface area (Å²) < 4.78 is 8.00. The molecule has 0 spiro atoms. The van der Waals surface area contributed by atoms with Crippen molar-refractivity contribution >= 4 is 45.0 Å². The summed E-state index contributed by atoms with van der Waals surface area (Å²) in [5, 5.41) is 7.68. The van der Waals surface area contributed by atoms with Gasteiger partial charge in [-0.15, -0.1) is 5.10 Å². The maximum Gasteiger partial charge on any atom is 0.410 e. The lowest BCUT2D eigenvalue weighted by molar-refractivity contribution is 0.0263. The zero-order valence-electron chi connectivity index (χ0n) is 19.0. The van der Waals surface area contributed by atoms with Crippen LogP contribution in [0, 0.1) is 0 Å². The minimum absolute atomic E-state index is 0.237. The van der Waals surface area contributed by atoms with E-state index in [0.717, 1.165) is 28.8 Å². The van der Waals surface area contributed by atoms with Gasteiger partial charge in [0.15, 0.2) is 0 Å². The summed E-state index contributed by atoms with van der Waals surface area (Å²) in [4.78, 5) is 29.3. The molecule has 0 atom stereocenters.